The van der Waals surface area contributed by atoms with Gasteiger partial charge in [0.25, 0.3) is 0 Å². The Morgan fingerprint density at radius 1 is 1.22 bits per heavy atom. The quantitative estimate of drug-likeness (QED) is 0.328. The van der Waals surface area contributed by atoms with Gasteiger partial charge in [-0.05, 0) is 69.1 Å². The summed E-state index contributed by atoms with van der Waals surface area (Å²) in [6.07, 6.45) is 14.2. The molecular weight excluding hydrogens is 485 g/mol. The first-order chi connectivity index (χ1) is 17.9. The maximum Gasteiger partial charge on any atom is 0.155 e. The third-order valence-electron chi connectivity index (χ3n) is 7.95. The van der Waals surface area contributed by atoms with E-state index < -0.39 is 5.82 Å². The van der Waals surface area contributed by atoms with Gasteiger partial charge in [0.05, 0.1) is 29.5 Å². The lowest BCUT2D eigenvalue weighted by Gasteiger charge is -2.31. The van der Waals surface area contributed by atoms with Gasteiger partial charge in [-0.25, -0.2) is 13.9 Å². The van der Waals surface area contributed by atoms with Gasteiger partial charge in [-0.15, -0.1) is 0 Å². The molecular formula is C28H30FN7S. The molecule has 0 spiro atoms. The van der Waals surface area contributed by atoms with E-state index in [9.17, 15) is 9.65 Å². The van der Waals surface area contributed by atoms with Crippen LogP contribution in [0.4, 0.5) is 4.39 Å². The van der Waals surface area contributed by atoms with Crippen molar-refractivity contribution in [3.05, 3.63) is 60.1 Å². The molecule has 0 unspecified atom stereocenters. The molecule has 0 amide bonds. The zero-order chi connectivity index (χ0) is 25.6. The van der Waals surface area contributed by atoms with E-state index in [-0.39, 0.29) is 5.03 Å². The largest absolute Gasteiger partial charge is 0.313 e. The second-order valence-corrected chi connectivity index (χ2v) is 11.8. The van der Waals surface area contributed by atoms with Crippen LogP contribution in [0.3, 0.4) is 0 Å². The van der Waals surface area contributed by atoms with Gasteiger partial charge in [0, 0.05) is 46.7 Å². The SMILES string of the molecule is Cc1c(-c2cc(Sc3ncccc3F)c3c(C#N)cnn3c2)cnn1[C@H]1CC[C@@H](NCC2(C)CC2)CC1. The van der Waals surface area contributed by atoms with Crippen molar-refractivity contribution in [2.24, 2.45) is 5.41 Å². The Bertz CT molecular complexity index is 1490. The number of nitrogens with one attached hydrogen (secondary N) is 1. The van der Waals surface area contributed by atoms with Crippen LogP contribution in [0.25, 0.3) is 16.6 Å². The molecule has 37 heavy (non-hydrogen) atoms. The smallest absolute Gasteiger partial charge is 0.155 e. The highest BCUT2D eigenvalue weighted by Gasteiger charge is 2.37. The van der Waals surface area contributed by atoms with E-state index in [2.05, 4.69) is 40.0 Å². The molecule has 2 aliphatic rings. The Morgan fingerprint density at radius 3 is 2.76 bits per heavy atom. The predicted octanol–water partition coefficient (Wildman–Crippen LogP) is 5.94. The first-order valence-corrected chi connectivity index (χ1v) is 13.7. The van der Waals surface area contributed by atoms with Crippen molar-refractivity contribution in [1.29, 1.82) is 5.26 Å². The highest BCUT2D eigenvalue weighted by atomic mass is 32.2. The third kappa shape index (κ3) is 4.76. The summed E-state index contributed by atoms with van der Waals surface area (Å²) in [5, 5.41) is 22.9. The third-order valence-corrected chi connectivity index (χ3v) is 8.97. The molecule has 7 nitrogen and oxygen atoms in total. The lowest BCUT2D eigenvalue weighted by molar-refractivity contribution is 0.265. The molecule has 6 rings (SSSR count). The molecule has 0 bridgehead atoms. The van der Waals surface area contributed by atoms with Crippen molar-refractivity contribution in [2.75, 3.05) is 6.54 Å². The summed E-state index contributed by atoms with van der Waals surface area (Å²) in [6.45, 7) is 5.62. The number of hydrogen-bond acceptors (Lipinski definition) is 6. The molecule has 190 valence electrons. The summed E-state index contributed by atoms with van der Waals surface area (Å²) >= 11 is 1.21. The number of halogens is 1. The second kappa shape index (κ2) is 9.58. The van der Waals surface area contributed by atoms with E-state index in [4.69, 9.17) is 5.10 Å². The summed E-state index contributed by atoms with van der Waals surface area (Å²) in [5.74, 6) is -0.394. The molecule has 0 radical (unpaired) electrons. The highest BCUT2D eigenvalue weighted by molar-refractivity contribution is 7.99. The first kappa shape index (κ1) is 24.1. The monoisotopic (exact) mass is 515 g/mol. The Balaban J connectivity index is 1.27. The first-order valence-electron chi connectivity index (χ1n) is 12.9. The van der Waals surface area contributed by atoms with Gasteiger partial charge in [-0.2, -0.15) is 15.5 Å². The summed E-state index contributed by atoms with van der Waals surface area (Å²) < 4.78 is 18.3. The standard InChI is InChI=1S/C28H30FN7S/c1-18-23(15-34-36(18)22-7-5-21(6-8-22)32-17-28(2)9-10-28)19-12-25(37-27-24(29)4-3-11-31-27)26-20(13-30)14-33-35(26)16-19/h3-4,11-12,14-16,21-22,32H,5-10,17H2,1-2H3/t21-,22+. The highest BCUT2D eigenvalue weighted by Crippen LogP contribution is 2.44. The van der Waals surface area contributed by atoms with Gasteiger partial charge in [-0.3, -0.25) is 4.68 Å². The summed E-state index contributed by atoms with van der Waals surface area (Å²) in [7, 11) is 0. The number of rotatable bonds is 7. The van der Waals surface area contributed by atoms with E-state index in [1.165, 1.54) is 43.5 Å². The summed E-state index contributed by atoms with van der Waals surface area (Å²) in [4.78, 5) is 4.92. The van der Waals surface area contributed by atoms with Crippen molar-refractivity contribution >= 4 is 17.3 Å². The fourth-order valence-corrected chi connectivity index (χ4v) is 6.30. The molecule has 0 aliphatic heterocycles. The van der Waals surface area contributed by atoms with E-state index in [0.717, 1.165) is 41.1 Å². The normalized spacial score (nSPS) is 20.7. The minimum atomic E-state index is -0.394. The molecule has 2 fully saturated rings. The number of nitrogens with zero attached hydrogens (tertiary/aromatic N) is 6. The number of aromatic nitrogens is 5. The van der Waals surface area contributed by atoms with E-state index >= 15 is 0 Å². The van der Waals surface area contributed by atoms with Gasteiger partial charge in [0.15, 0.2) is 5.82 Å². The van der Waals surface area contributed by atoms with Crippen molar-refractivity contribution in [1.82, 2.24) is 29.7 Å². The molecule has 4 aromatic rings. The average Bonchev–Trinajstić information content (AvgIpc) is 3.31. The van der Waals surface area contributed by atoms with E-state index in [0.29, 0.717) is 28.6 Å². The van der Waals surface area contributed by atoms with Crippen LogP contribution in [0, 0.1) is 29.5 Å². The van der Waals surface area contributed by atoms with Gasteiger partial charge in [0.1, 0.15) is 11.1 Å². The number of fused-ring (bicyclic) bond motifs is 1. The fourth-order valence-electron chi connectivity index (χ4n) is 5.32. The van der Waals surface area contributed by atoms with Crippen molar-refractivity contribution in [2.45, 2.75) is 74.4 Å². The van der Waals surface area contributed by atoms with Crippen LogP contribution in [0.15, 0.2) is 52.9 Å². The minimum Gasteiger partial charge on any atom is -0.313 e. The van der Waals surface area contributed by atoms with Crippen LogP contribution in [-0.4, -0.2) is 37.0 Å². The molecule has 9 heteroatoms. The molecule has 2 saturated carbocycles. The van der Waals surface area contributed by atoms with Crippen LogP contribution >= 0.6 is 11.8 Å². The Morgan fingerprint density at radius 2 is 2.03 bits per heavy atom. The van der Waals surface area contributed by atoms with Gasteiger partial charge in [-0.1, -0.05) is 18.7 Å². The maximum atomic E-state index is 14.4. The molecule has 1 N–H and O–H groups in total. The van der Waals surface area contributed by atoms with Gasteiger partial charge < -0.3 is 5.32 Å². The molecule has 4 heterocycles. The van der Waals surface area contributed by atoms with Gasteiger partial charge in [0.2, 0.25) is 0 Å². The second-order valence-electron chi connectivity index (χ2n) is 10.7. The van der Waals surface area contributed by atoms with Crippen LogP contribution in [-0.2, 0) is 0 Å². The van der Waals surface area contributed by atoms with Crippen LogP contribution in [0.1, 0.15) is 62.7 Å². The summed E-state index contributed by atoms with van der Waals surface area (Å²) in [6, 6.07) is 8.14. The number of nitriles is 1. The average molecular weight is 516 g/mol. The van der Waals surface area contributed by atoms with Gasteiger partial charge >= 0.3 is 0 Å². The summed E-state index contributed by atoms with van der Waals surface area (Å²) in [5.41, 5.74) is 4.68. The lowest BCUT2D eigenvalue weighted by atomic mass is 9.90. The number of hydrogen-bond donors (Lipinski definition) is 1. The van der Waals surface area contributed by atoms with Crippen LogP contribution in [0.2, 0.25) is 0 Å². The topological polar surface area (TPSA) is 83.8 Å². The molecule has 0 saturated heterocycles. The van der Waals surface area contributed by atoms with E-state index in [1.54, 1.807) is 23.0 Å². The maximum absolute atomic E-state index is 14.4. The molecule has 2 aliphatic carbocycles. The zero-order valence-electron chi connectivity index (χ0n) is 21.1. The van der Waals surface area contributed by atoms with E-state index in [1.807, 2.05) is 18.5 Å². The molecule has 4 aromatic heterocycles. The van der Waals surface area contributed by atoms with Crippen molar-refractivity contribution in [3.63, 3.8) is 0 Å². The number of pyridine rings is 2. The zero-order valence-corrected chi connectivity index (χ0v) is 21.9. The fraction of sp³-hybridized carbons (Fsp3) is 0.429. The van der Waals surface area contributed by atoms with Crippen LogP contribution < -0.4 is 5.32 Å². The molecule has 0 atom stereocenters. The van der Waals surface area contributed by atoms with Crippen molar-refractivity contribution in [3.8, 4) is 17.2 Å². The van der Waals surface area contributed by atoms with Crippen LogP contribution in [0.5, 0.6) is 0 Å². The predicted molar refractivity (Wildman–Crippen MR) is 141 cm³/mol. The Kier molecular flexibility index (Phi) is 6.25. The Labute approximate surface area is 220 Å². The minimum absolute atomic E-state index is 0.264. The molecule has 0 aromatic carbocycles. The van der Waals surface area contributed by atoms with Crippen molar-refractivity contribution < 1.29 is 4.39 Å². The lowest BCUT2D eigenvalue weighted by Crippen LogP contribution is -2.37. The Hall–Kier alpha value is -3.22.